The molecule has 0 saturated carbocycles. The Kier molecular flexibility index (Phi) is 2.33. The Hall–Kier alpha value is -1.22. The average molecular weight is 212 g/mol. The second-order valence-electron chi connectivity index (χ2n) is 3.34. The van der Waals surface area contributed by atoms with Gasteiger partial charge in [-0.1, -0.05) is 17.7 Å². The summed E-state index contributed by atoms with van der Waals surface area (Å²) >= 11 is 5.98. The van der Waals surface area contributed by atoms with Crippen molar-refractivity contribution in [1.29, 1.82) is 0 Å². The summed E-state index contributed by atoms with van der Waals surface area (Å²) in [5, 5.41) is 12.5. The molecule has 1 heterocycles. The molecule has 3 nitrogen and oxygen atoms in total. The molecule has 1 aromatic carbocycles. The Balaban J connectivity index is 2.31. The van der Waals surface area contributed by atoms with E-state index < -0.39 is 12.0 Å². The molecule has 1 aromatic rings. The van der Waals surface area contributed by atoms with Crippen molar-refractivity contribution in [2.24, 2.45) is 0 Å². The molecule has 0 radical (unpaired) electrons. The lowest BCUT2D eigenvalue weighted by molar-refractivity contribution is -0.138. The van der Waals surface area contributed by atoms with E-state index in [-0.39, 0.29) is 0 Å². The summed E-state index contributed by atoms with van der Waals surface area (Å²) in [7, 11) is 0. The third kappa shape index (κ3) is 1.55. The van der Waals surface area contributed by atoms with Gasteiger partial charge in [-0.05, 0) is 30.5 Å². The smallest absolute Gasteiger partial charge is 0.326 e. The fourth-order valence-corrected chi connectivity index (χ4v) is 1.95. The number of carbonyl (C=O) groups is 1. The summed E-state index contributed by atoms with van der Waals surface area (Å²) in [4.78, 5) is 10.8. The van der Waals surface area contributed by atoms with Gasteiger partial charge in [0.1, 0.15) is 6.04 Å². The van der Waals surface area contributed by atoms with Gasteiger partial charge < -0.3 is 10.4 Å². The highest BCUT2D eigenvalue weighted by molar-refractivity contribution is 6.31. The number of hydrogen-bond donors (Lipinski definition) is 2. The molecule has 0 bridgehead atoms. The van der Waals surface area contributed by atoms with Crippen LogP contribution >= 0.6 is 11.6 Å². The van der Waals surface area contributed by atoms with Crippen LogP contribution in [-0.2, 0) is 11.2 Å². The van der Waals surface area contributed by atoms with Gasteiger partial charge in [0.05, 0.1) is 0 Å². The van der Waals surface area contributed by atoms with Gasteiger partial charge >= 0.3 is 5.97 Å². The first-order valence-electron chi connectivity index (χ1n) is 4.45. The van der Waals surface area contributed by atoms with Crippen LogP contribution in [-0.4, -0.2) is 17.1 Å². The van der Waals surface area contributed by atoms with Crippen LogP contribution in [0.4, 0.5) is 5.69 Å². The van der Waals surface area contributed by atoms with E-state index in [1.165, 1.54) is 0 Å². The Morgan fingerprint density at radius 1 is 1.57 bits per heavy atom. The second kappa shape index (κ2) is 3.50. The molecule has 0 unspecified atom stereocenters. The van der Waals surface area contributed by atoms with Crippen molar-refractivity contribution in [1.82, 2.24) is 0 Å². The molecule has 1 aliphatic rings. The highest BCUT2D eigenvalue weighted by atomic mass is 35.5. The molecule has 1 atom stereocenters. The van der Waals surface area contributed by atoms with Crippen LogP contribution in [0.2, 0.25) is 5.02 Å². The Morgan fingerprint density at radius 3 is 3.07 bits per heavy atom. The van der Waals surface area contributed by atoms with Gasteiger partial charge in [0.15, 0.2) is 0 Å². The number of carboxylic acid groups (broad SMARTS) is 1. The summed E-state index contributed by atoms with van der Waals surface area (Å²) in [6.07, 6.45) is 1.31. The second-order valence-corrected chi connectivity index (χ2v) is 3.75. The van der Waals surface area contributed by atoms with Gasteiger partial charge in [-0.3, -0.25) is 0 Å². The van der Waals surface area contributed by atoms with Gasteiger partial charge in [-0.15, -0.1) is 0 Å². The van der Waals surface area contributed by atoms with Crippen molar-refractivity contribution in [3.05, 3.63) is 28.8 Å². The highest BCUT2D eigenvalue weighted by Gasteiger charge is 2.24. The number of halogens is 1. The van der Waals surface area contributed by atoms with Crippen LogP contribution in [0, 0.1) is 0 Å². The lowest BCUT2D eigenvalue weighted by Gasteiger charge is -2.24. The summed E-state index contributed by atoms with van der Waals surface area (Å²) in [6.45, 7) is 0. The number of anilines is 1. The molecule has 0 saturated heterocycles. The number of aliphatic carboxylic acids is 1. The fraction of sp³-hybridized carbons (Fsp3) is 0.300. The normalized spacial score (nSPS) is 19.6. The maximum atomic E-state index is 10.8. The van der Waals surface area contributed by atoms with E-state index >= 15 is 0 Å². The van der Waals surface area contributed by atoms with Gasteiger partial charge in [-0.25, -0.2) is 4.79 Å². The molecule has 74 valence electrons. The van der Waals surface area contributed by atoms with Gasteiger partial charge in [-0.2, -0.15) is 0 Å². The number of fused-ring (bicyclic) bond motifs is 1. The van der Waals surface area contributed by atoms with Gasteiger partial charge in [0.2, 0.25) is 0 Å². The van der Waals surface area contributed by atoms with Gasteiger partial charge in [0, 0.05) is 10.7 Å². The molecule has 4 heteroatoms. The summed E-state index contributed by atoms with van der Waals surface area (Å²) in [5.41, 5.74) is 1.86. The zero-order valence-electron chi connectivity index (χ0n) is 7.46. The lowest BCUT2D eigenvalue weighted by Crippen LogP contribution is -2.33. The van der Waals surface area contributed by atoms with Crippen molar-refractivity contribution in [3.63, 3.8) is 0 Å². The van der Waals surface area contributed by atoms with Crippen LogP contribution in [0.5, 0.6) is 0 Å². The number of nitrogens with one attached hydrogen (secondary N) is 1. The number of hydrogen-bond acceptors (Lipinski definition) is 2. The molecular weight excluding hydrogens is 202 g/mol. The predicted molar refractivity (Wildman–Crippen MR) is 54.8 cm³/mol. The summed E-state index contributed by atoms with van der Waals surface area (Å²) in [5.74, 6) is -0.810. The van der Waals surface area contributed by atoms with Crippen molar-refractivity contribution < 1.29 is 9.90 Å². The van der Waals surface area contributed by atoms with E-state index in [0.717, 1.165) is 17.7 Å². The molecule has 0 amide bonds. The monoisotopic (exact) mass is 211 g/mol. The molecule has 0 aromatic heterocycles. The summed E-state index contributed by atoms with van der Waals surface area (Å²) in [6, 6.07) is 5.01. The van der Waals surface area contributed by atoms with Crippen LogP contribution in [0.15, 0.2) is 18.2 Å². The quantitative estimate of drug-likeness (QED) is 0.749. The minimum absolute atomic E-state index is 0.485. The molecule has 1 aliphatic heterocycles. The minimum Gasteiger partial charge on any atom is -0.480 e. The number of carboxylic acids is 1. The van der Waals surface area contributed by atoms with Crippen molar-refractivity contribution in [2.45, 2.75) is 18.9 Å². The molecule has 0 spiro atoms. The zero-order valence-corrected chi connectivity index (χ0v) is 8.21. The Morgan fingerprint density at radius 2 is 2.36 bits per heavy atom. The largest absolute Gasteiger partial charge is 0.480 e. The molecule has 0 aliphatic carbocycles. The standard InChI is InChI=1S/C10H10ClNO2/c11-7-2-1-3-8-6(7)4-5-9(12-8)10(13)14/h1-3,9,12H,4-5H2,(H,13,14)/t9-/m0/s1. The minimum atomic E-state index is -0.810. The molecule has 2 rings (SSSR count). The third-order valence-corrected chi connectivity index (χ3v) is 2.78. The molecule has 0 fully saturated rings. The fourth-order valence-electron chi connectivity index (χ4n) is 1.68. The van der Waals surface area contributed by atoms with E-state index in [1.54, 1.807) is 0 Å². The topological polar surface area (TPSA) is 49.3 Å². The van der Waals surface area contributed by atoms with E-state index in [4.69, 9.17) is 16.7 Å². The van der Waals surface area contributed by atoms with E-state index in [1.807, 2.05) is 18.2 Å². The molecule has 2 N–H and O–H groups in total. The number of rotatable bonds is 1. The first-order chi connectivity index (χ1) is 6.68. The maximum absolute atomic E-state index is 10.8. The Bertz CT molecular complexity index is 378. The molecule has 14 heavy (non-hydrogen) atoms. The zero-order chi connectivity index (χ0) is 10.1. The van der Waals surface area contributed by atoms with E-state index in [0.29, 0.717) is 11.4 Å². The summed E-state index contributed by atoms with van der Waals surface area (Å²) < 4.78 is 0. The van der Waals surface area contributed by atoms with Crippen LogP contribution in [0.25, 0.3) is 0 Å². The number of benzene rings is 1. The predicted octanol–water partition coefficient (Wildman–Crippen LogP) is 2.15. The highest BCUT2D eigenvalue weighted by Crippen LogP contribution is 2.30. The van der Waals surface area contributed by atoms with E-state index in [9.17, 15) is 4.79 Å². The van der Waals surface area contributed by atoms with Crippen LogP contribution in [0.1, 0.15) is 12.0 Å². The van der Waals surface area contributed by atoms with Crippen LogP contribution < -0.4 is 5.32 Å². The van der Waals surface area contributed by atoms with Crippen molar-refractivity contribution in [3.8, 4) is 0 Å². The van der Waals surface area contributed by atoms with Crippen LogP contribution in [0.3, 0.4) is 0 Å². The molecular formula is C10H10ClNO2. The third-order valence-electron chi connectivity index (χ3n) is 2.43. The first-order valence-corrected chi connectivity index (χ1v) is 4.83. The van der Waals surface area contributed by atoms with Crippen molar-refractivity contribution in [2.75, 3.05) is 5.32 Å². The maximum Gasteiger partial charge on any atom is 0.326 e. The first kappa shape index (κ1) is 9.34. The van der Waals surface area contributed by atoms with Crippen molar-refractivity contribution >= 4 is 23.3 Å². The SMILES string of the molecule is O=C(O)[C@@H]1CCc2c(Cl)cccc2N1. The van der Waals surface area contributed by atoms with E-state index in [2.05, 4.69) is 5.32 Å². The average Bonchev–Trinajstić information content (AvgIpc) is 2.17. The van der Waals surface area contributed by atoms with Gasteiger partial charge in [0.25, 0.3) is 0 Å². The lowest BCUT2D eigenvalue weighted by atomic mass is 9.98. The Labute approximate surface area is 86.7 Å².